The summed E-state index contributed by atoms with van der Waals surface area (Å²) < 4.78 is 37.0. The molecule has 10 heteroatoms. The van der Waals surface area contributed by atoms with Crippen LogP contribution in [0.2, 0.25) is 5.02 Å². The van der Waals surface area contributed by atoms with Gasteiger partial charge in [-0.05, 0) is 42.3 Å². The molecular weight excluding hydrogens is 427 g/mol. The number of benzene rings is 2. The number of carbonyl (C=O) groups excluding carboxylic acids is 2. The summed E-state index contributed by atoms with van der Waals surface area (Å²) in [5.74, 6) is -1.56. The van der Waals surface area contributed by atoms with Crippen molar-refractivity contribution in [3.8, 4) is 0 Å². The number of hydrazone groups is 1. The number of carbonyl (C=O) groups is 2. The van der Waals surface area contributed by atoms with E-state index in [4.69, 9.17) is 11.6 Å². The molecule has 0 radical (unpaired) electrons. The van der Waals surface area contributed by atoms with Crippen molar-refractivity contribution in [2.24, 2.45) is 5.10 Å². The number of nitrogens with zero attached hydrogens (tertiary/aromatic N) is 1. The monoisotopic (exact) mass is 443 g/mol. The quantitative estimate of drug-likeness (QED) is 0.484. The lowest BCUT2D eigenvalue weighted by molar-refractivity contribution is -0.167. The molecule has 2 N–H and O–H groups in total. The van der Waals surface area contributed by atoms with E-state index in [1.807, 2.05) is 12.1 Å². The van der Waals surface area contributed by atoms with Crippen LogP contribution in [0.25, 0.3) is 0 Å². The molecule has 0 unspecified atom stereocenters. The molecular formula is C19H17ClF3N3O2S. The van der Waals surface area contributed by atoms with Crippen molar-refractivity contribution in [2.45, 2.75) is 18.9 Å². The summed E-state index contributed by atoms with van der Waals surface area (Å²) in [5, 5.41) is 6.37. The second kappa shape index (κ2) is 10.3. The molecule has 2 rings (SSSR count). The number of halogens is 4. The zero-order valence-electron chi connectivity index (χ0n) is 15.2. The van der Waals surface area contributed by atoms with Crippen LogP contribution in [-0.4, -0.2) is 29.5 Å². The van der Waals surface area contributed by atoms with Crippen molar-refractivity contribution in [1.29, 1.82) is 0 Å². The molecule has 2 aromatic rings. The number of thioether (sulfide) groups is 1. The van der Waals surface area contributed by atoms with Crippen LogP contribution in [0.5, 0.6) is 0 Å². The van der Waals surface area contributed by atoms with E-state index in [0.29, 0.717) is 22.1 Å². The van der Waals surface area contributed by atoms with Crippen molar-refractivity contribution in [2.75, 3.05) is 11.1 Å². The fourth-order valence-corrected chi connectivity index (χ4v) is 3.02. The van der Waals surface area contributed by atoms with E-state index in [0.717, 1.165) is 5.56 Å². The average Bonchev–Trinajstić information content (AvgIpc) is 2.67. The van der Waals surface area contributed by atoms with Gasteiger partial charge >= 0.3 is 12.1 Å². The Balaban J connectivity index is 1.86. The van der Waals surface area contributed by atoms with E-state index in [-0.39, 0.29) is 17.3 Å². The Bertz CT molecular complexity index is 902. The molecule has 0 heterocycles. The van der Waals surface area contributed by atoms with Gasteiger partial charge in [0.1, 0.15) is 0 Å². The summed E-state index contributed by atoms with van der Waals surface area (Å²) in [6, 6.07) is 13.0. The summed E-state index contributed by atoms with van der Waals surface area (Å²) in [4.78, 5) is 22.9. The van der Waals surface area contributed by atoms with Gasteiger partial charge in [0.25, 0.3) is 0 Å². The Morgan fingerprint density at radius 1 is 1.14 bits per heavy atom. The van der Waals surface area contributed by atoms with Gasteiger partial charge in [-0.1, -0.05) is 35.9 Å². The third-order valence-electron chi connectivity index (χ3n) is 3.56. The van der Waals surface area contributed by atoms with Gasteiger partial charge in [-0.2, -0.15) is 18.3 Å². The van der Waals surface area contributed by atoms with Crippen LogP contribution in [0.4, 0.5) is 18.9 Å². The molecule has 0 atom stereocenters. The first kappa shape index (κ1) is 22.8. The van der Waals surface area contributed by atoms with Crippen LogP contribution in [-0.2, 0) is 15.3 Å². The highest BCUT2D eigenvalue weighted by Gasteiger charge is 2.38. The Kier molecular flexibility index (Phi) is 8.10. The number of anilines is 1. The Hall–Kier alpha value is -2.52. The molecule has 29 heavy (non-hydrogen) atoms. The number of rotatable bonds is 7. The molecule has 0 aliphatic carbocycles. The van der Waals surface area contributed by atoms with Gasteiger partial charge in [-0.3, -0.25) is 9.59 Å². The van der Waals surface area contributed by atoms with Crippen molar-refractivity contribution < 1.29 is 22.8 Å². The largest absolute Gasteiger partial charge is 0.471 e. The van der Waals surface area contributed by atoms with E-state index in [9.17, 15) is 22.8 Å². The molecule has 0 saturated carbocycles. The van der Waals surface area contributed by atoms with E-state index in [1.54, 1.807) is 30.4 Å². The van der Waals surface area contributed by atoms with Crippen LogP contribution in [0.15, 0.2) is 53.6 Å². The summed E-state index contributed by atoms with van der Waals surface area (Å²) in [6.45, 7) is 1.59. The number of amides is 2. The van der Waals surface area contributed by atoms with Crippen molar-refractivity contribution in [3.63, 3.8) is 0 Å². The van der Waals surface area contributed by atoms with Crippen LogP contribution in [0.1, 0.15) is 18.1 Å². The molecule has 0 aliphatic heterocycles. The maximum absolute atomic E-state index is 12.3. The first-order valence-corrected chi connectivity index (χ1v) is 9.82. The minimum absolute atomic E-state index is 0.0239. The Morgan fingerprint density at radius 2 is 1.83 bits per heavy atom. The maximum Gasteiger partial charge on any atom is 0.471 e. The molecule has 2 amide bonds. The molecule has 0 spiro atoms. The van der Waals surface area contributed by atoms with Crippen LogP contribution >= 0.6 is 23.4 Å². The smallest absolute Gasteiger partial charge is 0.318 e. The summed E-state index contributed by atoms with van der Waals surface area (Å²) in [7, 11) is 0. The minimum Gasteiger partial charge on any atom is -0.318 e. The zero-order chi connectivity index (χ0) is 21.4. The van der Waals surface area contributed by atoms with Gasteiger partial charge in [0.05, 0.1) is 11.5 Å². The lowest BCUT2D eigenvalue weighted by atomic mass is 10.1. The van der Waals surface area contributed by atoms with E-state index >= 15 is 0 Å². The molecule has 0 bridgehead atoms. The molecule has 5 nitrogen and oxygen atoms in total. The fourth-order valence-electron chi connectivity index (χ4n) is 2.11. The Morgan fingerprint density at radius 3 is 2.48 bits per heavy atom. The normalized spacial score (nSPS) is 11.8. The van der Waals surface area contributed by atoms with Gasteiger partial charge in [0, 0.05) is 16.5 Å². The van der Waals surface area contributed by atoms with Gasteiger partial charge in [0.2, 0.25) is 5.91 Å². The minimum atomic E-state index is -4.98. The molecule has 0 saturated heterocycles. The van der Waals surface area contributed by atoms with Gasteiger partial charge < -0.3 is 5.32 Å². The third-order valence-corrected chi connectivity index (χ3v) is 4.81. The topological polar surface area (TPSA) is 70.6 Å². The third kappa shape index (κ3) is 7.78. The SMILES string of the molecule is CC(=NNC(=O)CSCc1ccc(Cl)cc1)c1cccc(NC(=O)C(F)(F)F)c1. The summed E-state index contributed by atoms with van der Waals surface area (Å²) in [6.07, 6.45) is -4.98. The van der Waals surface area contributed by atoms with E-state index in [1.165, 1.54) is 30.0 Å². The van der Waals surface area contributed by atoms with E-state index in [2.05, 4.69) is 10.5 Å². The number of hydrogen-bond donors (Lipinski definition) is 2. The predicted octanol–water partition coefficient (Wildman–Crippen LogP) is 4.61. The van der Waals surface area contributed by atoms with Gasteiger partial charge in [-0.15, -0.1) is 11.8 Å². The molecule has 2 aromatic carbocycles. The van der Waals surface area contributed by atoms with Crippen molar-refractivity contribution in [3.05, 3.63) is 64.7 Å². The Labute approximate surface area is 174 Å². The summed E-state index contributed by atoms with van der Waals surface area (Å²) in [5.41, 5.74) is 4.25. The first-order chi connectivity index (χ1) is 13.6. The number of nitrogens with one attached hydrogen (secondary N) is 2. The number of alkyl halides is 3. The van der Waals surface area contributed by atoms with Gasteiger partial charge in [-0.25, -0.2) is 5.43 Å². The molecule has 0 aliphatic rings. The predicted molar refractivity (Wildman–Crippen MR) is 109 cm³/mol. The highest BCUT2D eigenvalue weighted by atomic mass is 35.5. The van der Waals surface area contributed by atoms with Crippen molar-refractivity contribution >= 4 is 46.6 Å². The molecule has 0 fully saturated rings. The maximum atomic E-state index is 12.3. The van der Waals surface area contributed by atoms with Crippen molar-refractivity contribution in [1.82, 2.24) is 5.43 Å². The zero-order valence-corrected chi connectivity index (χ0v) is 16.8. The number of hydrogen-bond acceptors (Lipinski definition) is 4. The van der Waals surface area contributed by atoms with Crippen LogP contribution in [0, 0.1) is 0 Å². The lowest BCUT2D eigenvalue weighted by Gasteiger charge is -2.09. The molecule has 0 aromatic heterocycles. The van der Waals surface area contributed by atoms with Crippen LogP contribution in [0.3, 0.4) is 0 Å². The molecule has 154 valence electrons. The first-order valence-electron chi connectivity index (χ1n) is 8.29. The second-order valence-corrected chi connectivity index (χ2v) is 7.31. The standard InChI is InChI=1S/C19H17ClF3N3O2S/c1-12(14-3-2-4-16(9-14)24-18(28)19(21,22)23)25-26-17(27)11-29-10-13-5-7-15(20)8-6-13/h2-9H,10-11H2,1H3,(H,24,28)(H,26,27). The average molecular weight is 444 g/mol. The highest BCUT2D eigenvalue weighted by Crippen LogP contribution is 2.19. The fraction of sp³-hybridized carbons (Fsp3) is 0.211. The van der Waals surface area contributed by atoms with Crippen LogP contribution < -0.4 is 10.7 Å². The van der Waals surface area contributed by atoms with E-state index < -0.39 is 12.1 Å². The second-order valence-electron chi connectivity index (χ2n) is 5.88. The lowest BCUT2D eigenvalue weighted by Crippen LogP contribution is -2.30. The highest BCUT2D eigenvalue weighted by molar-refractivity contribution is 7.99. The summed E-state index contributed by atoms with van der Waals surface area (Å²) >= 11 is 7.22. The van der Waals surface area contributed by atoms with Gasteiger partial charge in [0.15, 0.2) is 0 Å².